The molecule has 28 heavy (non-hydrogen) atoms. The molecule has 0 aromatic heterocycles. The van der Waals surface area contributed by atoms with Crippen LogP contribution in [0.15, 0.2) is 40.9 Å². The van der Waals surface area contributed by atoms with Gasteiger partial charge in [-0.25, -0.2) is 0 Å². The molecule has 0 atom stereocenters. The van der Waals surface area contributed by atoms with Crippen molar-refractivity contribution in [1.82, 2.24) is 5.32 Å². The molecule has 0 aliphatic heterocycles. The molecule has 0 radical (unpaired) electrons. The standard InChI is InChI=1S/C22H27BrN2O2S/c1-4-5-6-7-10-27-20-9-8-17(23)14-19(20)21(26)25-22(28)24-18-12-15(2)11-16(3)13-18/h8-9,11-14H,4-7,10H2,1-3H3,(H2,24,25,26,28). The Bertz CT molecular complexity index is 819. The van der Waals surface area contributed by atoms with E-state index in [1.807, 2.05) is 32.0 Å². The first kappa shape index (κ1) is 22.4. The second-order valence-corrected chi connectivity index (χ2v) is 8.16. The van der Waals surface area contributed by atoms with Crippen molar-refractivity contribution in [2.45, 2.75) is 46.5 Å². The number of hydrogen-bond acceptors (Lipinski definition) is 3. The van der Waals surface area contributed by atoms with Crippen LogP contribution in [0.1, 0.15) is 54.1 Å². The highest BCUT2D eigenvalue weighted by Gasteiger charge is 2.15. The van der Waals surface area contributed by atoms with E-state index in [-0.39, 0.29) is 11.0 Å². The Morgan fingerprint density at radius 3 is 2.46 bits per heavy atom. The molecule has 2 aromatic rings. The van der Waals surface area contributed by atoms with Crippen LogP contribution in [0, 0.1) is 13.8 Å². The van der Waals surface area contributed by atoms with E-state index in [4.69, 9.17) is 17.0 Å². The first-order valence-corrected chi connectivity index (χ1v) is 10.7. The zero-order chi connectivity index (χ0) is 20.5. The molecule has 2 aromatic carbocycles. The fourth-order valence-electron chi connectivity index (χ4n) is 2.90. The van der Waals surface area contributed by atoms with E-state index in [0.29, 0.717) is 17.9 Å². The maximum atomic E-state index is 12.7. The first-order chi connectivity index (χ1) is 13.4. The van der Waals surface area contributed by atoms with Gasteiger partial charge in [0.25, 0.3) is 5.91 Å². The highest BCUT2D eigenvalue weighted by atomic mass is 79.9. The van der Waals surface area contributed by atoms with Crippen LogP contribution >= 0.6 is 28.1 Å². The van der Waals surface area contributed by atoms with Gasteiger partial charge < -0.3 is 10.1 Å². The largest absolute Gasteiger partial charge is 0.493 e. The van der Waals surface area contributed by atoms with Gasteiger partial charge in [0.1, 0.15) is 5.75 Å². The van der Waals surface area contributed by atoms with Gasteiger partial charge in [0.2, 0.25) is 0 Å². The van der Waals surface area contributed by atoms with Crippen LogP contribution in [0.5, 0.6) is 5.75 Å². The third kappa shape index (κ3) is 7.24. The number of ether oxygens (including phenoxy) is 1. The van der Waals surface area contributed by atoms with Crippen LogP contribution in [-0.4, -0.2) is 17.6 Å². The van der Waals surface area contributed by atoms with Crippen molar-refractivity contribution in [2.24, 2.45) is 0 Å². The van der Waals surface area contributed by atoms with Gasteiger partial charge in [0, 0.05) is 10.2 Å². The van der Waals surface area contributed by atoms with Crippen molar-refractivity contribution in [1.29, 1.82) is 0 Å². The molecule has 0 fully saturated rings. The number of hydrogen-bond donors (Lipinski definition) is 2. The molecule has 0 unspecified atom stereocenters. The number of benzene rings is 2. The minimum absolute atomic E-state index is 0.254. The van der Waals surface area contributed by atoms with Crippen LogP contribution in [0.2, 0.25) is 0 Å². The zero-order valence-corrected chi connectivity index (χ0v) is 19.0. The number of aryl methyl sites for hydroxylation is 2. The predicted octanol–water partition coefficient (Wildman–Crippen LogP) is 6.15. The number of anilines is 1. The molecule has 0 aliphatic carbocycles. The van der Waals surface area contributed by atoms with Crippen LogP contribution in [-0.2, 0) is 0 Å². The summed E-state index contributed by atoms with van der Waals surface area (Å²) in [6.07, 6.45) is 4.46. The third-order valence-electron chi connectivity index (χ3n) is 4.15. The van der Waals surface area contributed by atoms with Crippen molar-refractivity contribution in [3.05, 3.63) is 57.6 Å². The van der Waals surface area contributed by atoms with Crippen molar-refractivity contribution >= 4 is 44.9 Å². The molecule has 4 nitrogen and oxygen atoms in total. The van der Waals surface area contributed by atoms with Crippen LogP contribution in [0.3, 0.4) is 0 Å². The maximum absolute atomic E-state index is 12.7. The number of unbranched alkanes of at least 4 members (excludes halogenated alkanes) is 3. The molecule has 0 heterocycles. The maximum Gasteiger partial charge on any atom is 0.261 e. The number of rotatable bonds is 8. The Morgan fingerprint density at radius 2 is 1.79 bits per heavy atom. The SMILES string of the molecule is CCCCCCOc1ccc(Br)cc1C(=O)NC(=S)Nc1cc(C)cc(C)c1. The van der Waals surface area contributed by atoms with Gasteiger partial charge in [-0.05, 0) is 73.9 Å². The number of amides is 1. The molecule has 0 bridgehead atoms. The van der Waals surface area contributed by atoms with Crippen molar-refractivity contribution < 1.29 is 9.53 Å². The summed E-state index contributed by atoms with van der Waals surface area (Å²) in [5.41, 5.74) is 3.56. The molecule has 0 saturated heterocycles. The summed E-state index contributed by atoms with van der Waals surface area (Å²) in [6, 6.07) is 11.5. The fraction of sp³-hybridized carbons (Fsp3) is 0.364. The van der Waals surface area contributed by atoms with E-state index in [0.717, 1.165) is 34.1 Å². The topological polar surface area (TPSA) is 50.4 Å². The smallest absolute Gasteiger partial charge is 0.261 e. The molecule has 0 spiro atoms. The molecule has 2 rings (SSSR count). The lowest BCUT2D eigenvalue weighted by Gasteiger charge is -2.14. The Kier molecular flexibility index (Phi) is 8.93. The molecule has 1 amide bonds. The average molecular weight is 463 g/mol. The summed E-state index contributed by atoms with van der Waals surface area (Å²) in [6.45, 7) is 6.80. The second kappa shape index (κ2) is 11.2. The summed E-state index contributed by atoms with van der Waals surface area (Å²) >= 11 is 8.73. The predicted molar refractivity (Wildman–Crippen MR) is 123 cm³/mol. The lowest BCUT2D eigenvalue weighted by Crippen LogP contribution is -2.34. The summed E-state index contributed by atoms with van der Waals surface area (Å²) in [7, 11) is 0. The summed E-state index contributed by atoms with van der Waals surface area (Å²) in [4.78, 5) is 12.7. The Morgan fingerprint density at radius 1 is 1.07 bits per heavy atom. The van der Waals surface area contributed by atoms with E-state index in [1.54, 1.807) is 12.1 Å². The molecular formula is C22H27BrN2O2S. The third-order valence-corrected chi connectivity index (χ3v) is 4.85. The second-order valence-electron chi connectivity index (χ2n) is 6.83. The molecule has 150 valence electrons. The highest BCUT2D eigenvalue weighted by molar-refractivity contribution is 9.10. The van der Waals surface area contributed by atoms with Crippen LogP contribution in [0.25, 0.3) is 0 Å². The van der Waals surface area contributed by atoms with Gasteiger partial charge in [0.05, 0.1) is 12.2 Å². The lowest BCUT2D eigenvalue weighted by atomic mass is 10.1. The lowest BCUT2D eigenvalue weighted by molar-refractivity contribution is 0.0973. The monoisotopic (exact) mass is 462 g/mol. The quantitative estimate of drug-likeness (QED) is 0.364. The van der Waals surface area contributed by atoms with Gasteiger partial charge in [-0.2, -0.15) is 0 Å². The Hall–Kier alpha value is -1.92. The number of carbonyl (C=O) groups is 1. The van der Waals surface area contributed by atoms with Gasteiger partial charge in [-0.15, -0.1) is 0 Å². The minimum atomic E-state index is -0.299. The van der Waals surface area contributed by atoms with E-state index in [1.165, 1.54) is 12.8 Å². The minimum Gasteiger partial charge on any atom is -0.493 e. The number of carbonyl (C=O) groups excluding carboxylic acids is 1. The molecule has 6 heteroatoms. The molecule has 0 aliphatic rings. The number of nitrogens with one attached hydrogen (secondary N) is 2. The van der Waals surface area contributed by atoms with E-state index < -0.39 is 0 Å². The molecule has 2 N–H and O–H groups in total. The zero-order valence-electron chi connectivity index (χ0n) is 16.6. The van der Waals surface area contributed by atoms with Crippen molar-refractivity contribution in [2.75, 3.05) is 11.9 Å². The van der Waals surface area contributed by atoms with Gasteiger partial charge in [-0.3, -0.25) is 10.1 Å². The van der Waals surface area contributed by atoms with Crippen LogP contribution in [0.4, 0.5) is 5.69 Å². The van der Waals surface area contributed by atoms with Crippen LogP contribution < -0.4 is 15.4 Å². The summed E-state index contributed by atoms with van der Waals surface area (Å²) < 4.78 is 6.66. The average Bonchev–Trinajstić information content (AvgIpc) is 2.61. The van der Waals surface area contributed by atoms with E-state index >= 15 is 0 Å². The van der Waals surface area contributed by atoms with Gasteiger partial charge in [0.15, 0.2) is 5.11 Å². The van der Waals surface area contributed by atoms with E-state index in [2.05, 4.69) is 39.6 Å². The first-order valence-electron chi connectivity index (χ1n) is 9.52. The highest BCUT2D eigenvalue weighted by Crippen LogP contribution is 2.24. The van der Waals surface area contributed by atoms with Crippen molar-refractivity contribution in [3.63, 3.8) is 0 Å². The fourth-order valence-corrected chi connectivity index (χ4v) is 3.47. The molecular weight excluding hydrogens is 436 g/mol. The summed E-state index contributed by atoms with van der Waals surface area (Å²) in [5.74, 6) is 0.262. The normalized spacial score (nSPS) is 10.4. The van der Waals surface area contributed by atoms with Crippen molar-refractivity contribution in [3.8, 4) is 5.75 Å². The van der Waals surface area contributed by atoms with Gasteiger partial charge in [-0.1, -0.05) is 48.2 Å². The number of halogens is 1. The Balaban J connectivity index is 2.01. The Labute approximate surface area is 181 Å². The van der Waals surface area contributed by atoms with E-state index in [9.17, 15) is 4.79 Å². The number of thiocarbonyl (C=S) groups is 1. The van der Waals surface area contributed by atoms with Gasteiger partial charge >= 0.3 is 0 Å². The summed E-state index contributed by atoms with van der Waals surface area (Å²) in [5, 5.41) is 6.07. The molecule has 0 saturated carbocycles.